The maximum atomic E-state index is 10.9. The number of rotatable bonds is 3. The van der Waals surface area contributed by atoms with Gasteiger partial charge in [0.1, 0.15) is 0 Å². The van der Waals surface area contributed by atoms with Crippen molar-refractivity contribution in [1.29, 1.82) is 0 Å². The molecule has 0 fully saturated rings. The quantitative estimate of drug-likeness (QED) is 0.457. The van der Waals surface area contributed by atoms with Crippen molar-refractivity contribution < 1.29 is 12.8 Å². The first kappa shape index (κ1) is 11.8. The number of nitro benzene ring substituents is 1. The number of hydrogen-bond donors (Lipinski definition) is 1. The summed E-state index contributed by atoms with van der Waals surface area (Å²) in [5.74, 6) is 0. The van der Waals surface area contributed by atoms with Crippen molar-refractivity contribution in [3.8, 4) is 0 Å². The first-order valence-corrected chi connectivity index (χ1v) is 6.97. The second kappa shape index (κ2) is 4.51. The van der Waals surface area contributed by atoms with Crippen LogP contribution in [0.2, 0.25) is 0 Å². The fraction of sp³-hybridized carbons (Fsp3) is 0.250. The van der Waals surface area contributed by atoms with Gasteiger partial charge in [0.2, 0.25) is 0 Å². The number of benzene rings is 1. The van der Waals surface area contributed by atoms with Crippen LogP contribution in [0.4, 0.5) is 11.4 Å². The summed E-state index contributed by atoms with van der Waals surface area (Å²) in [7, 11) is 3.35. The van der Waals surface area contributed by atoms with Crippen molar-refractivity contribution in [3.05, 3.63) is 28.3 Å². The molecule has 1 N–H and O–H groups in total. The van der Waals surface area contributed by atoms with Gasteiger partial charge in [0.25, 0.3) is 0 Å². The van der Waals surface area contributed by atoms with Crippen LogP contribution in [0.15, 0.2) is 18.2 Å². The Balaban J connectivity index is 3.33. The molecule has 1 unspecified atom stereocenters. The van der Waals surface area contributed by atoms with Gasteiger partial charge < -0.3 is 0 Å². The second-order valence-corrected chi connectivity index (χ2v) is 5.65. The van der Waals surface area contributed by atoms with Gasteiger partial charge in [-0.05, 0) is 0 Å². The summed E-state index contributed by atoms with van der Waals surface area (Å²) in [5, 5.41) is 10.7. The van der Waals surface area contributed by atoms with E-state index < -0.39 is 19.9 Å². The van der Waals surface area contributed by atoms with Crippen LogP contribution in [0.1, 0.15) is 0 Å². The van der Waals surface area contributed by atoms with Crippen LogP contribution in [0, 0.1) is 10.1 Å². The molecule has 1 aromatic rings. The molecule has 1 atom stereocenters. The van der Waals surface area contributed by atoms with E-state index in [1.807, 2.05) is 0 Å². The molecule has 0 heterocycles. The number of anilines is 1. The second-order valence-electron chi connectivity index (χ2n) is 3.16. The predicted octanol–water partition coefficient (Wildman–Crippen LogP) is -0.489. The molecule has 0 radical (unpaired) electrons. The van der Waals surface area contributed by atoms with Crippen LogP contribution < -0.4 is 9.25 Å². The molecular weight excluding hydrogens is 263 g/mol. The fourth-order valence-corrected chi connectivity index (χ4v) is 2.20. The van der Waals surface area contributed by atoms with Gasteiger partial charge in [0.15, 0.2) is 0 Å². The van der Waals surface area contributed by atoms with Crippen molar-refractivity contribution in [2.45, 2.75) is 0 Å². The van der Waals surface area contributed by atoms with Crippen LogP contribution in [-0.4, -0.2) is 38.0 Å². The molecule has 82 valence electrons. The van der Waals surface area contributed by atoms with Gasteiger partial charge in [-0.3, -0.25) is 0 Å². The molecule has 0 bridgehead atoms. The number of nitro groups is 1. The van der Waals surface area contributed by atoms with E-state index in [0.717, 1.165) is 6.07 Å². The van der Waals surface area contributed by atoms with Crippen molar-refractivity contribution in [1.82, 2.24) is 0 Å². The van der Waals surface area contributed by atoms with Crippen molar-refractivity contribution in [2.75, 3.05) is 19.0 Å². The summed E-state index contributed by atoms with van der Waals surface area (Å²) in [5.41, 5.74) is 0.274. The van der Waals surface area contributed by atoms with Crippen LogP contribution >= 0.6 is 0 Å². The summed E-state index contributed by atoms with van der Waals surface area (Å²) in [6.45, 7) is 0. The first-order valence-electron chi connectivity index (χ1n) is 4.12. The van der Waals surface area contributed by atoms with Crippen LogP contribution in [0.25, 0.3) is 0 Å². The van der Waals surface area contributed by atoms with E-state index in [0.29, 0.717) is 5.69 Å². The Hall–Kier alpha value is -1.26. The molecular formula is C8H11AsN2O4. The SMILES string of the molecule is CN(C)c1ccc([AsH](=O)O)cc1[N+](=O)[O-]. The molecule has 0 aliphatic rings. The summed E-state index contributed by atoms with van der Waals surface area (Å²) < 4.78 is 20.0. The molecule has 1 aromatic carbocycles. The average molecular weight is 274 g/mol. The minimum atomic E-state index is -3.48. The zero-order chi connectivity index (χ0) is 11.6. The van der Waals surface area contributed by atoms with E-state index in [2.05, 4.69) is 0 Å². The van der Waals surface area contributed by atoms with E-state index in [4.69, 9.17) is 4.10 Å². The van der Waals surface area contributed by atoms with Gasteiger partial charge in [-0.2, -0.15) is 0 Å². The Morgan fingerprint density at radius 1 is 1.47 bits per heavy atom. The van der Waals surface area contributed by atoms with E-state index in [1.54, 1.807) is 19.0 Å². The molecule has 0 saturated carbocycles. The number of nitrogens with zero attached hydrogens (tertiary/aromatic N) is 2. The molecule has 0 aliphatic carbocycles. The molecule has 0 saturated heterocycles. The normalized spacial score (nSPS) is 12.2. The third-order valence-electron chi connectivity index (χ3n) is 1.90. The van der Waals surface area contributed by atoms with Crippen molar-refractivity contribution in [3.63, 3.8) is 0 Å². The summed E-state index contributed by atoms with van der Waals surface area (Å²) >= 11 is -3.48. The Labute approximate surface area is 91.1 Å². The third kappa shape index (κ3) is 2.61. The van der Waals surface area contributed by atoms with Gasteiger partial charge in [-0.15, -0.1) is 0 Å². The van der Waals surface area contributed by atoms with E-state index in [1.165, 1.54) is 12.1 Å². The van der Waals surface area contributed by atoms with Gasteiger partial charge in [0.05, 0.1) is 0 Å². The zero-order valence-corrected chi connectivity index (χ0v) is 10.4. The van der Waals surface area contributed by atoms with Crippen LogP contribution in [-0.2, 0) is 3.74 Å². The van der Waals surface area contributed by atoms with Crippen molar-refractivity contribution in [2.24, 2.45) is 0 Å². The monoisotopic (exact) mass is 274 g/mol. The van der Waals surface area contributed by atoms with Gasteiger partial charge in [0, 0.05) is 0 Å². The molecule has 15 heavy (non-hydrogen) atoms. The maximum absolute atomic E-state index is 10.9. The Bertz CT molecular complexity index is 419. The summed E-state index contributed by atoms with van der Waals surface area (Å²) in [6, 6.07) is 4.09. The molecule has 0 spiro atoms. The van der Waals surface area contributed by atoms with Gasteiger partial charge in [-0.1, -0.05) is 0 Å². The van der Waals surface area contributed by atoms with Gasteiger partial charge in [-0.25, -0.2) is 0 Å². The topological polar surface area (TPSA) is 83.7 Å². The molecule has 0 aromatic heterocycles. The molecule has 0 aliphatic heterocycles. The van der Waals surface area contributed by atoms with Crippen LogP contribution in [0.5, 0.6) is 0 Å². The summed E-state index contributed by atoms with van der Waals surface area (Å²) in [4.78, 5) is 11.7. The first-order chi connectivity index (χ1) is 6.93. The minimum absolute atomic E-state index is 0.146. The zero-order valence-electron chi connectivity index (χ0n) is 8.30. The molecule has 6 nitrogen and oxygen atoms in total. The molecule has 7 heteroatoms. The predicted molar refractivity (Wildman–Crippen MR) is 57.1 cm³/mol. The average Bonchev–Trinajstić information content (AvgIpc) is 2.16. The Morgan fingerprint density at radius 2 is 2.07 bits per heavy atom. The van der Waals surface area contributed by atoms with Crippen LogP contribution in [0.3, 0.4) is 0 Å². The Morgan fingerprint density at radius 3 is 2.47 bits per heavy atom. The van der Waals surface area contributed by atoms with E-state index in [9.17, 15) is 13.9 Å². The van der Waals surface area contributed by atoms with Crippen molar-refractivity contribution >= 4 is 30.7 Å². The van der Waals surface area contributed by atoms with E-state index >= 15 is 0 Å². The fourth-order valence-electron chi connectivity index (χ4n) is 1.18. The van der Waals surface area contributed by atoms with Gasteiger partial charge >= 0.3 is 90.7 Å². The summed E-state index contributed by atoms with van der Waals surface area (Å²) in [6.07, 6.45) is 0. The Kier molecular flexibility index (Phi) is 3.55. The third-order valence-corrected chi connectivity index (χ3v) is 3.59. The molecule has 1 rings (SSSR count). The molecule has 0 amide bonds. The standard InChI is InChI=1S/C8H11AsN2O4/c1-10(2)7-4-3-6(9(12)13)5-8(7)11(14)15/h3-5,9H,1-2H3,(H,12,13). The van der Waals surface area contributed by atoms with E-state index in [-0.39, 0.29) is 10.0 Å². The number of hydrogen-bond acceptors (Lipinski definition) is 4.